The molecular weight excluding hydrogens is 246 g/mol. The predicted octanol–water partition coefficient (Wildman–Crippen LogP) is 3.20. The fraction of sp³-hybridized carbons (Fsp3) is 0.706. The molecule has 1 aromatic rings. The van der Waals surface area contributed by atoms with E-state index in [4.69, 9.17) is 4.98 Å². The van der Waals surface area contributed by atoms with Crippen molar-refractivity contribution in [1.29, 1.82) is 0 Å². The molecule has 112 valence electrons. The molecule has 20 heavy (non-hydrogen) atoms. The zero-order valence-corrected chi connectivity index (χ0v) is 13.2. The maximum atomic E-state index is 4.76. The maximum Gasteiger partial charge on any atom is 0.0547 e. The second-order valence-corrected chi connectivity index (χ2v) is 6.24. The molecule has 0 aromatic carbocycles. The van der Waals surface area contributed by atoms with Gasteiger partial charge in [-0.2, -0.15) is 0 Å². The Hall–Kier alpha value is -0.930. The fourth-order valence-corrected chi connectivity index (χ4v) is 3.16. The number of pyridine rings is 1. The minimum Gasteiger partial charge on any atom is -0.311 e. The summed E-state index contributed by atoms with van der Waals surface area (Å²) in [5.41, 5.74) is 2.34. The second-order valence-electron chi connectivity index (χ2n) is 6.24. The molecule has 1 saturated carbocycles. The van der Waals surface area contributed by atoms with Crippen molar-refractivity contribution in [2.45, 2.75) is 58.7 Å². The summed E-state index contributed by atoms with van der Waals surface area (Å²) < 4.78 is 0. The molecule has 2 rings (SSSR count). The largest absolute Gasteiger partial charge is 0.311 e. The summed E-state index contributed by atoms with van der Waals surface area (Å²) in [6, 6.07) is 7.12. The molecule has 0 bridgehead atoms. The van der Waals surface area contributed by atoms with Crippen molar-refractivity contribution in [3.05, 3.63) is 29.6 Å². The van der Waals surface area contributed by atoms with Gasteiger partial charge in [0.05, 0.1) is 11.4 Å². The summed E-state index contributed by atoms with van der Waals surface area (Å²) in [6.07, 6.45) is 5.47. The number of aromatic nitrogens is 1. The van der Waals surface area contributed by atoms with Crippen LogP contribution in [-0.2, 0) is 13.1 Å². The SMILES string of the molecule is CCNCc1cccc(CN(C)C2CCCC(C)C2)n1. The monoisotopic (exact) mass is 275 g/mol. The van der Waals surface area contributed by atoms with Crippen LogP contribution in [0.1, 0.15) is 50.9 Å². The molecule has 3 nitrogen and oxygen atoms in total. The molecule has 0 aliphatic heterocycles. The Morgan fingerprint density at radius 2 is 2.10 bits per heavy atom. The summed E-state index contributed by atoms with van der Waals surface area (Å²) in [5.74, 6) is 0.879. The van der Waals surface area contributed by atoms with Crippen LogP contribution in [0.25, 0.3) is 0 Å². The highest BCUT2D eigenvalue weighted by Crippen LogP contribution is 2.27. The molecule has 0 radical (unpaired) electrons. The first-order valence-electron chi connectivity index (χ1n) is 8.04. The van der Waals surface area contributed by atoms with E-state index in [-0.39, 0.29) is 0 Å². The van der Waals surface area contributed by atoms with Gasteiger partial charge in [0, 0.05) is 19.1 Å². The average molecular weight is 275 g/mol. The Morgan fingerprint density at radius 1 is 1.30 bits per heavy atom. The molecule has 3 heteroatoms. The van der Waals surface area contributed by atoms with Crippen LogP contribution in [0.15, 0.2) is 18.2 Å². The van der Waals surface area contributed by atoms with Crippen molar-refractivity contribution in [3.8, 4) is 0 Å². The molecule has 1 N–H and O–H groups in total. The van der Waals surface area contributed by atoms with Crippen LogP contribution in [0.3, 0.4) is 0 Å². The van der Waals surface area contributed by atoms with E-state index in [0.717, 1.165) is 37.3 Å². The quantitative estimate of drug-likeness (QED) is 0.864. The lowest BCUT2D eigenvalue weighted by Gasteiger charge is -2.34. The lowest BCUT2D eigenvalue weighted by atomic mass is 9.86. The van der Waals surface area contributed by atoms with Crippen molar-refractivity contribution in [3.63, 3.8) is 0 Å². The first-order valence-corrected chi connectivity index (χ1v) is 8.04. The number of nitrogens with one attached hydrogen (secondary N) is 1. The molecule has 1 heterocycles. The molecule has 2 unspecified atom stereocenters. The van der Waals surface area contributed by atoms with Crippen LogP contribution in [0, 0.1) is 5.92 Å². The summed E-state index contributed by atoms with van der Waals surface area (Å²) >= 11 is 0. The molecule has 0 saturated heterocycles. The van der Waals surface area contributed by atoms with E-state index in [0.29, 0.717) is 0 Å². The molecule has 0 spiro atoms. The third-order valence-corrected chi connectivity index (χ3v) is 4.36. The van der Waals surface area contributed by atoms with Gasteiger partial charge in [0.1, 0.15) is 0 Å². The van der Waals surface area contributed by atoms with E-state index in [9.17, 15) is 0 Å². The number of hydrogen-bond donors (Lipinski definition) is 1. The smallest absolute Gasteiger partial charge is 0.0547 e. The Bertz CT molecular complexity index is 405. The third kappa shape index (κ3) is 4.57. The molecular formula is C17H29N3. The summed E-state index contributed by atoms with van der Waals surface area (Å²) in [4.78, 5) is 7.26. The maximum absolute atomic E-state index is 4.76. The minimum absolute atomic E-state index is 0.734. The highest BCUT2D eigenvalue weighted by Gasteiger charge is 2.22. The van der Waals surface area contributed by atoms with E-state index >= 15 is 0 Å². The van der Waals surface area contributed by atoms with Crippen molar-refractivity contribution >= 4 is 0 Å². The molecule has 1 aromatic heterocycles. The van der Waals surface area contributed by atoms with Crippen molar-refractivity contribution in [2.75, 3.05) is 13.6 Å². The van der Waals surface area contributed by atoms with Crippen LogP contribution in [0.4, 0.5) is 0 Å². The van der Waals surface area contributed by atoms with Crippen molar-refractivity contribution in [1.82, 2.24) is 15.2 Å². The van der Waals surface area contributed by atoms with Gasteiger partial charge in [0.15, 0.2) is 0 Å². The van der Waals surface area contributed by atoms with Crippen LogP contribution < -0.4 is 5.32 Å². The van der Waals surface area contributed by atoms with Crippen LogP contribution in [-0.4, -0.2) is 29.5 Å². The first-order chi connectivity index (χ1) is 9.69. The third-order valence-electron chi connectivity index (χ3n) is 4.36. The van der Waals surface area contributed by atoms with Gasteiger partial charge in [-0.05, 0) is 44.5 Å². The summed E-state index contributed by atoms with van der Waals surface area (Å²) in [6.45, 7) is 7.34. The van der Waals surface area contributed by atoms with E-state index in [1.54, 1.807) is 0 Å². The van der Waals surface area contributed by atoms with Crippen molar-refractivity contribution < 1.29 is 0 Å². The van der Waals surface area contributed by atoms with Crippen molar-refractivity contribution in [2.24, 2.45) is 5.92 Å². The number of rotatable bonds is 6. The number of nitrogens with zero attached hydrogens (tertiary/aromatic N) is 2. The van der Waals surface area contributed by atoms with Gasteiger partial charge < -0.3 is 5.32 Å². The second kappa shape index (κ2) is 7.75. The standard InChI is InChI=1S/C17H29N3/c1-4-18-12-15-8-6-9-16(19-15)13-20(3)17-10-5-7-14(2)11-17/h6,8-9,14,17-18H,4-5,7,10-13H2,1-3H3. The van der Waals surface area contributed by atoms with Gasteiger partial charge in [0.25, 0.3) is 0 Å². The molecule has 1 aliphatic rings. The summed E-state index contributed by atoms with van der Waals surface area (Å²) in [5, 5.41) is 3.34. The van der Waals surface area contributed by atoms with Gasteiger partial charge in [-0.3, -0.25) is 9.88 Å². The molecule has 2 atom stereocenters. The van der Waals surface area contributed by atoms with Gasteiger partial charge in [-0.15, -0.1) is 0 Å². The highest BCUT2D eigenvalue weighted by molar-refractivity contribution is 5.11. The molecule has 1 aliphatic carbocycles. The average Bonchev–Trinajstić information content (AvgIpc) is 2.45. The highest BCUT2D eigenvalue weighted by atomic mass is 15.1. The van der Waals surface area contributed by atoms with E-state index in [2.05, 4.69) is 49.3 Å². The Morgan fingerprint density at radius 3 is 2.85 bits per heavy atom. The van der Waals surface area contributed by atoms with Crippen LogP contribution >= 0.6 is 0 Å². The van der Waals surface area contributed by atoms with E-state index in [1.807, 2.05) is 0 Å². The lowest BCUT2D eigenvalue weighted by molar-refractivity contribution is 0.156. The topological polar surface area (TPSA) is 28.2 Å². The van der Waals surface area contributed by atoms with E-state index < -0.39 is 0 Å². The fourth-order valence-electron chi connectivity index (χ4n) is 3.16. The van der Waals surface area contributed by atoms with Gasteiger partial charge >= 0.3 is 0 Å². The van der Waals surface area contributed by atoms with Gasteiger partial charge in [0.2, 0.25) is 0 Å². The normalized spacial score (nSPS) is 23.2. The Balaban J connectivity index is 1.91. The minimum atomic E-state index is 0.734. The van der Waals surface area contributed by atoms with Crippen LogP contribution in [0.5, 0.6) is 0 Å². The molecule has 1 fully saturated rings. The Labute approximate surface area is 123 Å². The predicted molar refractivity (Wildman–Crippen MR) is 84.5 cm³/mol. The first kappa shape index (κ1) is 15.5. The zero-order valence-electron chi connectivity index (χ0n) is 13.2. The Kier molecular flexibility index (Phi) is 5.99. The van der Waals surface area contributed by atoms with Gasteiger partial charge in [-0.1, -0.05) is 32.8 Å². The molecule has 0 amide bonds. The van der Waals surface area contributed by atoms with E-state index in [1.165, 1.54) is 31.4 Å². The zero-order chi connectivity index (χ0) is 14.4. The van der Waals surface area contributed by atoms with Gasteiger partial charge in [-0.25, -0.2) is 0 Å². The number of hydrogen-bond acceptors (Lipinski definition) is 3. The van der Waals surface area contributed by atoms with Crippen LogP contribution in [0.2, 0.25) is 0 Å². The lowest BCUT2D eigenvalue weighted by Crippen LogP contribution is -2.35. The summed E-state index contributed by atoms with van der Waals surface area (Å²) in [7, 11) is 2.25.